The van der Waals surface area contributed by atoms with Crippen molar-refractivity contribution in [3.8, 4) is 5.88 Å². The van der Waals surface area contributed by atoms with Gasteiger partial charge in [-0.15, -0.1) is 0 Å². The Morgan fingerprint density at radius 2 is 1.53 bits per heavy atom. The third-order valence-electron chi connectivity index (χ3n) is 4.87. The van der Waals surface area contributed by atoms with E-state index in [0.29, 0.717) is 12.5 Å². The van der Waals surface area contributed by atoms with Gasteiger partial charge in [0.2, 0.25) is 5.88 Å². The molecule has 0 saturated carbocycles. The van der Waals surface area contributed by atoms with Crippen molar-refractivity contribution >= 4 is 24.6 Å². The van der Waals surface area contributed by atoms with E-state index in [0.717, 1.165) is 41.8 Å². The molecule has 0 aliphatic carbocycles. The predicted molar refractivity (Wildman–Crippen MR) is 125 cm³/mol. The number of unbranched alkanes of at least 4 members (excludes halogenated alkanes) is 1. The van der Waals surface area contributed by atoms with Gasteiger partial charge in [-0.1, -0.05) is 62.4 Å². The SMILES string of the molecule is CCCCc1cncnc1OCc1ccc(N=Nc2ccc([Si](C)(C)C)cc2)cc1. The maximum atomic E-state index is 5.93. The van der Waals surface area contributed by atoms with E-state index < -0.39 is 8.07 Å². The quantitative estimate of drug-likeness (QED) is 0.300. The summed E-state index contributed by atoms with van der Waals surface area (Å²) < 4.78 is 5.93. The zero-order chi connectivity index (χ0) is 21.4. The number of nitrogens with zero attached hydrogens (tertiary/aromatic N) is 4. The molecular weight excluding hydrogens is 388 g/mol. The molecule has 2 aromatic carbocycles. The number of hydrogen-bond donors (Lipinski definition) is 0. The summed E-state index contributed by atoms with van der Waals surface area (Å²) in [6, 6.07) is 16.3. The van der Waals surface area contributed by atoms with Crippen LogP contribution in [0.25, 0.3) is 0 Å². The molecule has 0 atom stereocenters. The van der Waals surface area contributed by atoms with Crippen LogP contribution in [0.1, 0.15) is 30.9 Å². The standard InChI is InChI=1S/C24H30N4OSi/c1-5-6-7-20-16-25-18-26-24(20)29-17-19-8-10-21(11-9-19)27-28-22-12-14-23(15-13-22)30(2,3)4/h8-16,18H,5-7,17H2,1-4H3. The molecule has 6 heteroatoms. The predicted octanol–water partition coefficient (Wildman–Crippen LogP) is 6.36. The van der Waals surface area contributed by atoms with Crippen LogP contribution in [-0.2, 0) is 13.0 Å². The Kier molecular flexibility index (Phi) is 7.46. The molecule has 156 valence electrons. The molecule has 0 radical (unpaired) electrons. The van der Waals surface area contributed by atoms with Gasteiger partial charge in [0, 0.05) is 11.8 Å². The van der Waals surface area contributed by atoms with Crippen LogP contribution in [0.5, 0.6) is 5.88 Å². The summed E-state index contributed by atoms with van der Waals surface area (Å²) in [5.41, 5.74) is 3.81. The van der Waals surface area contributed by atoms with E-state index in [4.69, 9.17) is 4.74 Å². The molecule has 0 aliphatic rings. The maximum Gasteiger partial charge on any atom is 0.219 e. The molecule has 0 aliphatic heterocycles. The Hall–Kier alpha value is -2.86. The van der Waals surface area contributed by atoms with Gasteiger partial charge in [-0.3, -0.25) is 0 Å². The van der Waals surface area contributed by atoms with E-state index in [1.54, 1.807) is 0 Å². The molecule has 1 heterocycles. The van der Waals surface area contributed by atoms with Gasteiger partial charge < -0.3 is 4.74 Å². The average Bonchev–Trinajstić information content (AvgIpc) is 2.76. The minimum absolute atomic E-state index is 0.464. The summed E-state index contributed by atoms with van der Waals surface area (Å²) in [4.78, 5) is 8.40. The second kappa shape index (κ2) is 10.3. The zero-order valence-electron chi connectivity index (χ0n) is 18.3. The van der Waals surface area contributed by atoms with Crippen LogP contribution in [0.3, 0.4) is 0 Å². The first-order valence-electron chi connectivity index (χ1n) is 10.5. The lowest BCUT2D eigenvalue weighted by atomic mass is 10.1. The first-order valence-corrected chi connectivity index (χ1v) is 14.0. The van der Waals surface area contributed by atoms with Crippen LogP contribution >= 0.6 is 0 Å². The van der Waals surface area contributed by atoms with Crippen molar-refractivity contribution in [1.29, 1.82) is 0 Å². The van der Waals surface area contributed by atoms with Crippen LogP contribution < -0.4 is 9.92 Å². The third kappa shape index (κ3) is 6.32. The van der Waals surface area contributed by atoms with Gasteiger partial charge in [0.15, 0.2) is 0 Å². The monoisotopic (exact) mass is 418 g/mol. The van der Waals surface area contributed by atoms with Gasteiger partial charge in [0.05, 0.1) is 19.4 Å². The Bertz CT molecular complexity index is 964. The van der Waals surface area contributed by atoms with Gasteiger partial charge in [-0.2, -0.15) is 10.2 Å². The van der Waals surface area contributed by atoms with Crippen LogP contribution in [-0.4, -0.2) is 18.0 Å². The molecule has 0 unspecified atom stereocenters. The zero-order valence-corrected chi connectivity index (χ0v) is 19.3. The van der Waals surface area contributed by atoms with Crippen LogP contribution in [0, 0.1) is 0 Å². The van der Waals surface area contributed by atoms with Crippen molar-refractivity contribution in [3.05, 3.63) is 72.2 Å². The van der Waals surface area contributed by atoms with Crippen LogP contribution in [0.4, 0.5) is 11.4 Å². The molecule has 30 heavy (non-hydrogen) atoms. The lowest BCUT2D eigenvalue weighted by Gasteiger charge is -2.15. The number of rotatable bonds is 9. The maximum absolute atomic E-state index is 5.93. The first kappa shape index (κ1) is 21.8. The Labute approximate surface area is 180 Å². The Morgan fingerprint density at radius 1 is 0.900 bits per heavy atom. The molecule has 0 amide bonds. The number of ether oxygens (including phenoxy) is 1. The van der Waals surface area contributed by atoms with Crippen LogP contribution in [0.15, 0.2) is 71.3 Å². The van der Waals surface area contributed by atoms with Gasteiger partial charge in [0.25, 0.3) is 0 Å². The smallest absolute Gasteiger partial charge is 0.219 e. The lowest BCUT2D eigenvalue weighted by molar-refractivity contribution is 0.289. The van der Waals surface area contributed by atoms with E-state index in [1.165, 1.54) is 11.5 Å². The molecule has 0 bridgehead atoms. The summed E-state index contributed by atoms with van der Waals surface area (Å²) >= 11 is 0. The van der Waals surface area contributed by atoms with Gasteiger partial charge in [-0.25, -0.2) is 9.97 Å². The van der Waals surface area contributed by atoms with Crippen molar-refractivity contribution in [2.75, 3.05) is 0 Å². The highest BCUT2D eigenvalue weighted by atomic mass is 28.3. The number of azo groups is 1. The summed E-state index contributed by atoms with van der Waals surface area (Å²) in [5, 5.41) is 10.1. The average molecular weight is 419 g/mol. The largest absolute Gasteiger partial charge is 0.473 e. The second-order valence-electron chi connectivity index (χ2n) is 8.41. The normalized spacial score (nSPS) is 11.7. The molecule has 0 spiro atoms. The number of hydrogen-bond acceptors (Lipinski definition) is 5. The Balaban J connectivity index is 1.58. The number of benzene rings is 2. The fourth-order valence-corrected chi connectivity index (χ4v) is 4.14. The van der Waals surface area contributed by atoms with Gasteiger partial charge in [-0.05, 0) is 42.7 Å². The highest BCUT2D eigenvalue weighted by Gasteiger charge is 2.15. The topological polar surface area (TPSA) is 59.7 Å². The van der Waals surface area contributed by atoms with Gasteiger partial charge in [0.1, 0.15) is 12.9 Å². The van der Waals surface area contributed by atoms with E-state index >= 15 is 0 Å². The fourth-order valence-electron chi connectivity index (χ4n) is 2.97. The second-order valence-corrected chi connectivity index (χ2v) is 13.5. The summed E-state index contributed by atoms with van der Waals surface area (Å²) in [5.74, 6) is 0.670. The van der Waals surface area contributed by atoms with Crippen molar-refractivity contribution in [1.82, 2.24) is 9.97 Å². The van der Waals surface area contributed by atoms with E-state index in [1.807, 2.05) is 42.6 Å². The lowest BCUT2D eigenvalue weighted by Crippen LogP contribution is -2.37. The van der Waals surface area contributed by atoms with Crippen molar-refractivity contribution in [2.24, 2.45) is 10.2 Å². The van der Waals surface area contributed by atoms with Crippen molar-refractivity contribution in [2.45, 2.75) is 52.4 Å². The Morgan fingerprint density at radius 3 is 2.13 bits per heavy atom. The van der Waals surface area contributed by atoms with E-state index in [2.05, 4.69) is 58.9 Å². The molecule has 0 fully saturated rings. The molecule has 3 rings (SSSR count). The fraction of sp³-hybridized carbons (Fsp3) is 0.333. The van der Waals surface area contributed by atoms with E-state index in [9.17, 15) is 0 Å². The third-order valence-corrected chi connectivity index (χ3v) is 6.94. The highest BCUT2D eigenvalue weighted by Crippen LogP contribution is 2.21. The van der Waals surface area contributed by atoms with Crippen molar-refractivity contribution in [3.63, 3.8) is 0 Å². The summed E-state index contributed by atoms with van der Waals surface area (Å²) in [7, 11) is -1.28. The first-order chi connectivity index (χ1) is 14.5. The van der Waals surface area contributed by atoms with E-state index in [-0.39, 0.29) is 0 Å². The van der Waals surface area contributed by atoms with Gasteiger partial charge >= 0.3 is 0 Å². The molecule has 0 saturated heterocycles. The minimum atomic E-state index is -1.28. The van der Waals surface area contributed by atoms with Crippen LogP contribution in [0.2, 0.25) is 19.6 Å². The molecule has 1 aromatic heterocycles. The molecule has 5 nitrogen and oxygen atoms in total. The number of aromatic nitrogens is 2. The highest BCUT2D eigenvalue weighted by molar-refractivity contribution is 6.88. The summed E-state index contributed by atoms with van der Waals surface area (Å²) in [6.45, 7) is 9.65. The molecular formula is C24H30N4OSi. The molecule has 3 aromatic rings. The summed E-state index contributed by atoms with van der Waals surface area (Å²) in [6.07, 6.45) is 6.55. The minimum Gasteiger partial charge on any atom is -0.473 e. The molecule has 0 N–H and O–H groups in total. The number of aryl methyl sites for hydroxylation is 1. The van der Waals surface area contributed by atoms with Crippen molar-refractivity contribution < 1.29 is 4.74 Å².